The van der Waals surface area contributed by atoms with Gasteiger partial charge in [0.2, 0.25) is 0 Å². The van der Waals surface area contributed by atoms with E-state index in [0.29, 0.717) is 17.3 Å². The highest BCUT2D eigenvalue weighted by Crippen LogP contribution is 2.23. The minimum absolute atomic E-state index is 0.0422. The number of fused-ring (bicyclic) bond motifs is 1. The van der Waals surface area contributed by atoms with Crippen molar-refractivity contribution in [1.29, 1.82) is 0 Å². The first-order valence-electron chi connectivity index (χ1n) is 8.16. The maximum atomic E-state index is 12.8. The standard InChI is InChI=1S/C17H23N3O2/c1-12-15-10-13(11-18-16(15)22-19-12)17(21)20(2)14-8-6-4-3-5-7-9-14/h10-11,14H,3-9H2,1-2H3. The molecule has 0 spiro atoms. The van der Waals surface area contributed by atoms with E-state index in [2.05, 4.69) is 10.1 Å². The van der Waals surface area contributed by atoms with Crippen LogP contribution in [0.5, 0.6) is 0 Å². The monoisotopic (exact) mass is 301 g/mol. The zero-order chi connectivity index (χ0) is 15.5. The maximum absolute atomic E-state index is 12.8. The number of hydrogen-bond acceptors (Lipinski definition) is 4. The molecule has 0 unspecified atom stereocenters. The Hall–Kier alpha value is -1.91. The summed E-state index contributed by atoms with van der Waals surface area (Å²) in [6.45, 7) is 1.86. The van der Waals surface area contributed by atoms with Crippen molar-refractivity contribution in [3.05, 3.63) is 23.5 Å². The molecule has 1 amide bonds. The topological polar surface area (TPSA) is 59.2 Å². The van der Waals surface area contributed by atoms with E-state index in [-0.39, 0.29) is 5.91 Å². The molecular weight excluding hydrogens is 278 g/mol. The molecule has 2 heterocycles. The van der Waals surface area contributed by atoms with Crippen molar-refractivity contribution in [2.45, 2.75) is 57.9 Å². The molecule has 0 saturated heterocycles. The fourth-order valence-corrected chi connectivity index (χ4v) is 3.25. The van der Waals surface area contributed by atoms with Crippen LogP contribution in [0.2, 0.25) is 0 Å². The molecule has 3 rings (SSSR count). The number of amides is 1. The Bertz CT molecular complexity index is 657. The molecule has 0 N–H and O–H groups in total. The average molecular weight is 301 g/mol. The lowest BCUT2D eigenvalue weighted by atomic mass is 9.95. The molecule has 0 aromatic carbocycles. The first-order chi connectivity index (χ1) is 10.7. The van der Waals surface area contributed by atoms with E-state index >= 15 is 0 Å². The maximum Gasteiger partial charge on any atom is 0.257 e. The highest BCUT2D eigenvalue weighted by Gasteiger charge is 2.22. The van der Waals surface area contributed by atoms with Crippen LogP contribution in [-0.2, 0) is 0 Å². The van der Waals surface area contributed by atoms with Crippen molar-refractivity contribution < 1.29 is 9.32 Å². The van der Waals surface area contributed by atoms with Crippen LogP contribution in [0.4, 0.5) is 0 Å². The smallest absolute Gasteiger partial charge is 0.257 e. The first-order valence-corrected chi connectivity index (χ1v) is 8.16. The normalized spacial score (nSPS) is 17.2. The van der Waals surface area contributed by atoms with Crippen molar-refractivity contribution in [3.8, 4) is 0 Å². The number of nitrogens with zero attached hydrogens (tertiary/aromatic N) is 3. The van der Waals surface area contributed by atoms with E-state index in [1.807, 2.05) is 24.9 Å². The van der Waals surface area contributed by atoms with Crippen LogP contribution in [-0.4, -0.2) is 34.0 Å². The van der Waals surface area contributed by atoms with Crippen LogP contribution < -0.4 is 0 Å². The van der Waals surface area contributed by atoms with Gasteiger partial charge in [0.25, 0.3) is 11.6 Å². The summed E-state index contributed by atoms with van der Waals surface area (Å²) in [6, 6.07) is 2.18. The molecule has 5 heteroatoms. The zero-order valence-corrected chi connectivity index (χ0v) is 13.3. The quantitative estimate of drug-likeness (QED) is 0.848. The van der Waals surface area contributed by atoms with Gasteiger partial charge in [-0.3, -0.25) is 4.79 Å². The number of pyridine rings is 1. The molecule has 1 saturated carbocycles. The Morgan fingerprint density at radius 2 is 1.91 bits per heavy atom. The van der Waals surface area contributed by atoms with Crippen LogP contribution in [0.15, 0.2) is 16.8 Å². The molecule has 0 bridgehead atoms. The molecule has 1 aliphatic rings. The van der Waals surface area contributed by atoms with Crippen LogP contribution in [0, 0.1) is 6.92 Å². The Labute approximate surface area is 130 Å². The Morgan fingerprint density at radius 1 is 1.23 bits per heavy atom. The summed E-state index contributed by atoms with van der Waals surface area (Å²) < 4.78 is 5.10. The Balaban J connectivity index is 1.79. The lowest BCUT2D eigenvalue weighted by Gasteiger charge is -2.29. The van der Waals surface area contributed by atoms with Crippen LogP contribution in [0.1, 0.15) is 61.0 Å². The molecular formula is C17H23N3O2. The summed E-state index contributed by atoms with van der Waals surface area (Å²) >= 11 is 0. The number of hydrogen-bond donors (Lipinski definition) is 0. The van der Waals surface area contributed by atoms with Gasteiger partial charge in [-0.05, 0) is 25.8 Å². The highest BCUT2D eigenvalue weighted by molar-refractivity contribution is 5.97. The van der Waals surface area contributed by atoms with Crippen LogP contribution in [0.25, 0.3) is 11.1 Å². The third-order valence-electron chi connectivity index (χ3n) is 4.70. The van der Waals surface area contributed by atoms with Crippen molar-refractivity contribution in [3.63, 3.8) is 0 Å². The molecule has 0 radical (unpaired) electrons. The Kier molecular flexibility index (Phi) is 4.41. The van der Waals surface area contributed by atoms with Gasteiger partial charge in [-0.25, -0.2) is 4.98 Å². The van der Waals surface area contributed by atoms with Crippen molar-refractivity contribution in [2.75, 3.05) is 7.05 Å². The second-order valence-corrected chi connectivity index (χ2v) is 6.26. The summed E-state index contributed by atoms with van der Waals surface area (Å²) in [4.78, 5) is 18.9. The van der Waals surface area contributed by atoms with E-state index in [4.69, 9.17) is 4.52 Å². The largest absolute Gasteiger partial charge is 0.339 e. The predicted molar refractivity (Wildman–Crippen MR) is 84.7 cm³/mol. The molecule has 1 fully saturated rings. The van der Waals surface area contributed by atoms with E-state index in [9.17, 15) is 4.79 Å². The second-order valence-electron chi connectivity index (χ2n) is 6.26. The first kappa shape index (κ1) is 15.0. The third kappa shape index (κ3) is 2.98. The van der Waals surface area contributed by atoms with E-state index in [1.165, 1.54) is 32.1 Å². The second kappa shape index (κ2) is 6.46. The molecule has 22 heavy (non-hydrogen) atoms. The number of aryl methyl sites for hydroxylation is 1. The molecule has 5 nitrogen and oxygen atoms in total. The predicted octanol–water partition coefficient (Wildman–Crippen LogP) is 3.72. The minimum Gasteiger partial charge on any atom is -0.339 e. The molecule has 118 valence electrons. The molecule has 1 aliphatic carbocycles. The van der Waals surface area contributed by atoms with Crippen molar-refractivity contribution >= 4 is 17.0 Å². The minimum atomic E-state index is 0.0422. The van der Waals surface area contributed by atoms with Crippen molar-refractivity contribution in [2.24, 2.45) is 0 Å². The van der Waals surface area contributed by atoms with Gasteiger partial charge in [0.1, 0.15) is 0 Å². The lowest BCUT2D eigenvalue weighted by Crippen LogP contribution is -2.37. The number of carbonyl (C=O) groups is 1. The molecule has 0 atom stereocenters. The Morgan fingerprint density at radius 3 is 2.64 bits per heavy atom. The fourth-order valence-electron chi connectivity index (χ4n) is 3.25. The molecule has 0 aliphatic heterocycles. The fraction of sp³-hybridized carbons (Fsp3) is 0.588. The number of aromatic nitrogens is 2. The van der Waals surface area contributed by atoms with E-state index in [0.717, 1.165) is 23.9 Å². The molecule has 2 aromatic heterocycles. The summed E-state index contributed by atoms with van der Waals surface area (Å²) in [5, 5.41) is 4.71. The van der Waals surface area contributed by atoms with Crippen LogP contribution in [0.3, 0.4) is 0 Å². The SMILES string of the molecule is Cc1noc2ncc(C(=O)N(C)C3CCCCCCC3)cc12. The van der Waals surface area contributed by atoms with Gasteiger partial charge in [0.05, 0.1) is 16.6 Å². The summed E-state index contributed by atoms with van der Waals surface area (Å²) in [5.74, 6) is 0.0422. The number of rotatable bonds is 2. The van der Waals surface area contributed by atoms with Gasteiger partial charge in [0, 0.05) is 19.3 Å². The van der Waals surface area contributed by atoms with Gasteiger partial charge in [0.15, 0.2) is 0 Å². The third-order valence-corrected chi connectivity index (χ3v) is 4.70. The van der Waals surface area contributed by atoms with Gasteiger partial charge in [-0.15, -0.1) is 0 Å². The zero-order valence-electron chi connectivity index (χ0n) is 13.3. The van der Waals surface area contributed by atoms with Gasteiger partial charge in [-0.1, -0.05) is 37.3 Å². The van der Waals surface area contributed by atoms with E-state index < -0.39 is 0 Å². The average Bonchev–Trinajstić information content (AvgIpc) is 2.86. The molecule has 2 aromatic rings. The highest BCUT2D eigenvalue weighted by atomic mass is 16.5. The van der Waals surface area contributed by atoms with Gasteiger partial charge >= 0.3 is 0 Å². The lowest BCUT2D eigenvalue weighted by molar-refractivity contribution is 0.0706. The summed E-state index contributed by atoms with van der Waals surface area (Å²) in [5.41, 5.74) is 1.87. The summed E-state index contributed by atoms with van der Waals surface area (Å²) in [7, 11) is 1.92. The van der Waals surface area contributed by atoms with Gasteiger partial charge in [-0.2, -0.15) is 0 Å². The van der Waals surface area contributed by atoms with Crippen LogP contribution >= 0.6 is 0 Å². The number of carbonyl (C=O) groups excluding carboxylic acids is 1. The van der Waals surface area contributed by atoms with E-state index in [1.54, 1.807) is 6.20 Å². The van der Waals surface area contributed by atoms with Crippen molar-refractivity contribution in [1.82, 2.24) is 15.0 Å². The van der Waals surface area contributed by atoms with Gasteiger partial charge < -0.3 is 9.42 Å². The summed E-state index contributed by atoms with van der Waals surface area (Å²) in [6.07, 6.45) is 10.1.